The third-order valence-electron chi connectivity index (χ3n) is 5.81. The molecule has 9 nitrogen and oxygen atoms in total. The summed E-state index contributed by atoms with van der Waals surface area (Å²) in [5.41, 5.74) is 5.41. The Hall–Kier alpha value is -3.95. The molecule has 32 heavy (non-hydrogen) atoms. The van der Waals surface area contributed by atoms with Gasteiger partial charge in [0.2, 0.25) is 0 Å². The van der Waals surface area contributed by atoms with E-state index in [4.69, 9.17) is 10.5 Å². The highest BCUT2D eigenvalue weighted by atomic mass is 19.1. The number of hydrogen-bond donors (Lipinski definition) is 3. The molecule has 0 unspecified atom stereocenters. The SMILES string of the molecule is COc1ccc2c(c1)C(=O)N(C[C@@]1(CCc3ccc(F)c(C(N)=O)c3)NC(=O)NC1=O)C2. The van der Waals surface area contributed by atoms with E-state index in [0.717, 1.165) is 11.6 Å². The van der Waals surface area contributed by atoms with Crippen LogP contribution in [0, 0.1) is 5.82 Å². The number of carbonyl (C=O) groups is 4. The Morgan fingerprint density at radius 2 is 2.00 bits per heavy atom. The van der Waals surface area contributed by atoms with E-state index in [1.807, 2.05) is 0 Å². The number of hydrogen-bond acceptors (Lipinski definition) is 5. The van der Waals surface area contributed by atoms with Crippen molar-refractivity contribution in [3.63, 3.8) is 0 Å². The standard InChI is InChI=1S/C22H21FN4O5/c1-32-14-4-3-13-10-27(19(29)15(13)9-14)11-22(20(30)25-21(31)26-22)7-6-12-2-5-17(23)16(8-12)18(24)28/h2-5,8-9H,6-7,10-11H2,1H3,(H2,24,28)(H2,25,26,30,31)/t22-/m1/s1. The summed E-state index contributed by atoms with van der Waals surface area (Å²) in [4.78, 5) is 50.6. The third kappa shape index (κ3) is 3.75. The van der Waals surface area contributed by atoms with Gasteiger partial charge < -0.3 is 20.7 Å². The molecule has 5 amide bonds. The predicted octanol–water partition coefficient (Wildman–Crippen LogP) is 1.10. The summed E-state index contributed by atoms with van der Waals surface area (Å²) in [6, 6.07) is 8.45. The Kier molecular flexibility index (Phi) is 5.29. The van der Waals surface area contributed by atoms with Crippen molar-refractivity contribution in [2.75, 3.05) is 13.7 Å². The quantitative estimate of drug-likeness (QED) is 0.555. The summed E-state index contributed by atoms with van der Waals surface area (Å²) in [6.45, 7) is 0.232. The number of methoxy groups -OCH3 is 1. The smallest absolute Gasteiger partial charge is 0.322 e. The van der Waals surface area contributed by atoms with E-state index in [0.29, 0.717) is 16.9 Å². The van der Waals surface area contributed by atoms with Crippen molar-refractivity contribution < 1.29 is 28.3 Å². The lowest BCUT2D eigenvalue weighted by Gasteiger charge is -2.31. The van der Waals surface area contributed by atoms with Crippen molar-refractivity contribution >= 4 is 23.8 Å². The second-order valence-electron chi connectivity index (χ2n) is 7.85. The number of ether oxygens (including phenoxy) is 1. The highest BCUT2D eigenvalue weighted by Gasteiger charge is 2.48. The maximum absolute atomic E-state index is 13.8. The number of urea groups is 1. The van der Waals surface area contributed by atoms with Gasteiger partial charge in [0.25, 0.3) is 17.7 Å². The van der Waals surface area contributed by atoms with Crippen LogP contribution in [0.15, 0.2) is 36.4 Å². The Balaban J connectivity index is 1.56. The molecular formula is C22H21FN4O5. The Morgan fingerprint density at radius 3 is 2.66 bits per heavy atom. The van der Waals surface area contributed by atoms with E-state index in [9.17, 15) is 23.6 Å². The molecule has 166 valence electrons. The van der Waals surface area contributed by atoms with Gasteiger partial charge in [-0.1, -0.05) is 12.1 Å². The van der Waals surface area contributed by atoms with Crippen LogP contribution in [0.1, 0.15) is 38.3 Å². The molecule has 1 saturated heterocycles. The summed E-state index contributed by atoms with van der Waals surface area (Å²) in [7, 11) is 1.51. The fourth-order valence-electron chi connectivity index (χ4n) is 4.09. The molecule has 4 rings (SSSR count). The normalized spacial score (nSPS) is 19.6. The summed E-state index contributed by atoms with van der Waals surface area (Å²) in [6.07, 6.45) is 0.356. The Bertz CT molecular complexity index is 1150. The van der Waals surface area contributed by atoms with Crippen LogP contribution in [-0.2, 0) is 17.8 Å². The minimum atomic E-state index is -1.37. The second-order valence-corrected chi connectivity index (χ2v) is 7.85. The van der Waals surface area contributed by atoms with Crippen LogP contribution >= 0.6 is 0 Å². The van der Waals surface area contributed by atoms with Gasteiger partial charge in [0.05, 0.1) is 19.2 Å². The lowest BCUT2D eigenvalue weighted by Crippen LogP contribution is -2.55. The van der Waals surface area contributed by atoms with Gasteiger partial charge >= 0.3 is 6.03 Å². The van der Waals surface area contributed by atoms with E-state index in [1.54, 1.807) is 18.2 Å². The largest absolute Gasteiger partial charge is 0.497 e. The van der Waals surface area contributed by atoms with Crippen LogP contribution in [0.3, 0.4) is 0 Å². The number of fused-ring (bicyclic) bond motifs is 1. The van der Waals surface area contributed by atoms with Gasteiger partial charge in [0, 0.05) is 12.1 Å². The molecule has 10 heteroatoms. The number of primary amides is 1. The molecule has 0 saturated carbocycles. The first-order valence-corrected chi connectivity index (χ1v) is 9.90. The summed E-state index contributed by atoms with van der Waals surface area (Å²) in [5.74, 6) is -1.92. The van der Waals surface area contributed by atoms with Crippen LogP contribution in [-0.4, -0.2) is 47.8 Å². The zero-order valence-corrected chi connectivity index (χ0v) is 17.2. The zero-order valence-electron chi connectivity index (χ0n) is 17.2. The van der Waals surface area contributed by atoms with Crippen LogP contribution < -0.4 is 21.1 Å². The lowest BCUT2D eigenvalue weighted by atomic mass is 9.90. The van der Waals surface area contributed by atoms with Gasteiger partial charge in [-0.15, -0.1) is 0 Å². The van der Waals surface area contributed by atoms with Crippen LogP contribution in [0.2, 0.25) is 0 Å². The molecule has 0 bridgehead atoms. The maximum Gasteiger partial charge on any atom is 0.322 e. The molecule has 2 heterocycles. The van der Waals surface area contributed by atoms with Gasteiger partial charge in [-0.25, -0.2) is 9.18 Å². The van der Waals surface area contributed by atoms with Crippen molar-refractivity contribution in [3.8, 4) is 5.75 Å². The molecule has 0 spiro atoms. The molecular weight excluding hydrogens is 419 g/mol. The summed E-state index contributed by atoms with van der Waals surface area (Å²) < 4.78 is 19.0. The fraction of sp³-hybridized carbons (Fsp3) is 0.273. The number of imide groups is 1. The van der Waals surface area contributed by atoms with Crippen LogP contribution in [0.25, 0.3) is 0 Å². The first-order chi connectivity index (χ1) is 15.2. The molecule has 4 N–H and O–H groups in total. The topological polar surface area (TPSA) is 131 Å². The number of rotatable bonds is 7. The van der Waals surface area contributed by atoms with Gasteiger partial charge in [-0.3, -0.25) is 19.7 Å². The Labute approximate surface area is 182 Å². The number of carbonyl (C=O) groups excluding carboxylic acids is 4. The first kappa shape index (κ1) is 21.3. The zero-order chi connectivity index (χ0) is 23.0. The lowest BCUT2D eigenvalue weighted by molar-refractivity contribution is -0.124. The van der Waals surface area contributed by atoms with Crippen molar-refractivity contribution in [2.24, 2.45) is 5.73 Å². The van der Waals surface area contributed by atoms with E-state index < -0.39 is 29.2 Å². The molecule has 0 aromatic heterocycles. The number of nitrogens with zero attached hydrogens (tertiary/aromatic N) is 1. The monoisotopic (exact) mass is 440 g/mol. The number of nitrogens with one attached hydrogen (secondary N) is 2. The van der Waals surface area contributed by atoms with Crippen molar-refractivity contribution in [3.05, 3.63) is 64.5 Å². The van der Waals surface area contributed by atoms with Gasteiger partial charge in [0.1, 0.15) is 17.1 Å². The van der Waals surface area contributed by atoms with Gasteiger partial charge in [-0.05, 0) is 48.2 Å². The van der Waals surface area contributed by atoms with Crippen LogP contribution in [0.5, 0.6) is 5.75 Å². The van der Waals surface area contributed by atoms with E-state index >= 15 is 0 Å². The molecule has 2 aliphatic rings. The molecule has 0 aliphatic carbocycles. The summed E-state index contributed by atoms with van der Waals surface area (Å²) >= 11 is 0. The fourth-order valence-corrected chi connectivity index (χ4v) is 4.09. The molecule has 1 fully saturated rings. The number of halogens is 1. The molecule has 2 aromatic carbocycles. The van der Waals surface area contributed by atoms with Gasteiger partial charge in [0.15, 0.2) is 0 Å². The number of nitrogens with two attached hydrogens (primary N) is 1. The van der Waals surface area contributed by atoms with Crippen molar-refractivity contribution in [1.29, 1.82) is 0 Å². The van der Waals surface area contributed by atoms with E-state index in [-0.39, 0.29) is 37.4 Å². The highest BCUT2D eigenvalue weighted by molar-refractivity contribution is 6.08. The van der Waals surface area contributed by atoms with E-state index in [2.05, 4.69) is 10.6 Å². The minimum Gasteiger partial charge on any atom is -0.497 e. The number of benzene rings is 2. The number of aryl methyl sites for hydroxylation is 1. The van der Waals surface area contributed by atoms with E-state index in [1.165, 1.54) is 24.1 Å². The highest BCUT2D eigenvalue weighted by Crippen LogP contribution is 2.30. The minimum absolute atomic E-state index is 0.0513. The third-order valence-corrected chi connectivity index (χ3v) is 5.81. The van der Waals surface area contributed by atoms with Crippen LogP contribution in [0.4, 0.5) is 9.18 Å². The molecule has 2 aromatic rings. The maximum atomic E-state index is 13.8. The molecule has 2 aliphatic heterocycles. The summed E-state index contributed by atoms with van der Waals surface area (Å²) in [5, 5.41) is 4.88. The Morgan fingerprint density at radius 1 is 1.22 bits per heavy atom. The molecule has 0 radical (unpaired) electrons. The number of amides is 5. The second kappa shape index (κ2) is 7.95. The molecule has 1 atom stereocenters. The predicted molar refractivity (Wildman–Crippen MR) is 110 cm³/mol. The van der Waals surface area contributed by atoms with Crippen molar-refractivity contribution in [2.45, 2.75) is 24.9 Å². The average molecular weight is 440 g/mol. The first-order valence-electron chi connectivity index (χ1n) is 9.90. The van der Waals surface area contributed by atoms with Gasteiger partial charge in [-0.2, -0.15) is 0 Å². The average Bonchev–Trinajstić information content (AvgIpc) is 3.22. The van der Waals surface area contributed by atoms with Crippen molar-refractivity contribution in [1.82, 2.24) is 15.5 Å².